The molecule has 0 aliphatic heterocycles. The van der Waals surface area contributed by atoms with E-state index in [1.165, 1.54) is 6.92 Å². The predicted octanol–water partition coefficient (Wildman–Crippen LogP) is 0.344. The minimum atomic E-state index is -0.361. The maximum atomic E-state index is 10.8. The van der Waals surface area contributed by atoms with Crippen LogP contribution >= 0.6 is 0 Å². The van der Waals surface area contributed by atoms with E-state index in [9.17, 15) is 4.79 Å². The number of hydrogen-bond donors (Lipinski definition) is 1. The molecule has 2 N–H and O–H groups in total. The van der Waals surface area contributed by atoms with Gasteiger partial charge in [0.25, 0.3) is 5.95 Å². The van der Waals surface area contributed by atoms with Gasteiger partial charge in [0.05, 0.1) is 5.92 Å². The molecule has 60 valence electrons. The van der Waals surface area contributed by atoms with Crippen molar-refractivity contribution in [1.29, 1.82) is 0 Å². The van der Waals surface area contributed by atoms with Crippen LogP contribution in [0.15, 0.2) is 4.52 Å². The van der Waals surface area contributed by atoms with E-state index in [0.29, 0.717) is 0 Å². The lowest BCUT2D eigenvalue weighted by Gasteiger charge is -1.97. The molecule has 0 amide bonds. The van der Waals surface area contributed by atoms with E-state index in [0.717, 1.165) is 0 Å². The van der Waals surface area contributed by atoms with Gasteiger partial charge in [-0.05, 0) is 19.0 Å². The molecular formula is C6H9N3O2. The molecule has 11 heavy (non-hydrogen) atoms. The standard InChI is InChI=1S/C6H9N3O2/c1-3(4(2)10)5-8-6(7)9-11-5/h3H,1-2H3,(H2,7,9). The summed E-state index contributed by atoms with van der Waals surface area (Å²) in [6, 6.07) is 0. The Morgan fingerprint density at radius 1 is 1.73 bits per heavy atom. The van der Waals surface area contributed by atoms with E-state index >= 15 is 0 Å². The van der Waals surface area contributed by atoms with Gasteiger partial charge in [-0.15, -0.1) is 0 Å². The van der Waals surface area contributed by atoms with Gasteiger partial charge in [0.1, 0.15) is 5.78 Å². The number of aromatic nitrogens is 2. The Labute approximate surface area is 63.6 Å². The molecule has 0 saturated heterocycles. The van der Waals surface area contributed by atoms with Crippen molar-refractivity contribution >= 4 is 11.7 Å². The van der Waals surface area contributed by atoms with E-state index < -0.39 is 0 Å². The van der Waals surface area contributed by atoms with Crippen LogP contribution in [0.1, 0.15) is 25.7 Å². The summed E-state index contributed by atoms with van der Waals surface area (Å²) in [5, 5.41) is 3.36. The fourth-order valence-corrected chi connectivity index (χ4v) is 0.597. The third-order valence-electron chi connectivity index (χ3n) is 1.44. The van der Waals surface area contributed by atoms with Crippen molar-refractivity contribution in [3.63, 3.8) is 0 Å². The third-order valence-corrected chi connectivity index (χ3v) is 1.44. The van der Waals surface area contributed by atoms with Crippen LogP contribution in [0.5, 0.6) is 0 Å². The molecule has 0 spiro atoms. The Morgan fingerprint density at radius 2 is 2.36 bits per heavy atom. The molecule has 1 atom stereocenters. The summed E-state index contributed by atoms with van der Waals surface area (Å²) < 4.78 is 4.68. The smallest absolute Gasteiger partial charge is 0.260 e. The molecule has 1 aromatic heterocycles. The minimum absolute atomic E-state index is 0.0198. The summed E-state index contributed by atoms with van der Waals surface area (Å²) in [6.45, 7) is 3.15. The molecule has 1 aromatic rings. The second-order valence-corrected chi connectivity index (χ2v) is 2.32. The summed E-state index contributed by atoms with van der Waals surface area (Å²) in [7, 11) is 0. The molecule has 1 rings (SSSR count). The van der Waals surface area contributed by atoms with Crippen LogP contribution in [0, 0.1) is 0 Å². The second kappa shape index (κ2) is 2.69. The van der Waals surface area contributed by atoms with E-state index in [1.54, 1.807) is 6.92 Å². The highest BCUT2D eigenvalue weighted by Crippen LogP contribution is 2.13. The van der Waals surface area contributed by atoms with Gasteiger partial charge in [-0.25, -0.2) is 0 Å². The highest BCUT2D eigenvalue weighted by Gasteiger charge is 2.16. The molecule has 0 bridgehead atoms. The summed E-state index contributed by atoms with van der Waals surface area (Å²) in [5.74, 6) is -0.0449. The molecule has 0 radical (unpaired) electrons. The molecule has 5 nitrogen and oxygen atoms in total. The van der Waals surface area contributed by atoms with Crippen LogP contribution in [0.25, 0.3) is 0 Å². The number of carbonyl (C=O) groups is 1. The first-order valence-corrected chi connectivity index (χ1v) is 3.21. The average Bonchev–Trinajstić information content (AvgIpc) is 2.34. The largest absolute Gasteiger partial charge is 0.365 e. The lowest BCUT2D eigenvalue weighted by atomic mass is 10.1. The normalized spacial score (nSPS) is 12.9. The van der Waals surface area contributed by atoms with E-state index in [1.807, 2.05) is 0 Å². The highest BCUT2D eigenvalue weighted by atomic mass is 16.5. The van der Waals surface area contributed by atoms with Crippen LogP contribution in [0.2, 0.25) is 0 Å². The highest BCUT2D eigenvalue weighted by molar-refractivity contribution is 5.81. The first-order valence-electron chi connectivity index (χ1n) is 3.21. The summed E-state index contributed by atoms with van der Waals surface area (Å²) >= 11 is 0. The maximum absolute atomic E-state index is 10.8. The van der Waals surface area contributed by atoms with Gasteiger partial charge in [0.15, 0.2) is 0 Å². The van der Waals surface area contributed by atoms with Gasteiger partial charge in [-0.1, -0.05) is 0 Å². The van der Waals surface area contributed by atoms with Gasteiger partial charge in [-0.3, -0.25) is 4.79 Å². The average molecular weight is 155 g/mol. The summed E-state index contributed by atoms with van der Waals surface area (Å²) in [6.07, 6.45) is 0. The topological polar surface area (TPSA) is 82.0 Å². The number of nitrogen functional groups attached to an aromatic ring is 1. The Bertz CT molecular complexity index is 269. The lowest BCUT2D eigenvalue weighted by molar-refractivity contribution is -0.118. The Hall–Kier alpha value is -1.39. The zero-order valence-corrected chi connectivity index (χ0v) is 6.37. The number of rotatable bonds is 2. The number of nitrogens with two attached hydrogens (primary N) is 1. The first kappa shape index (κ1) is 7.71. The van der Waals surface area contributed by atoms with Crippen molar-refractivity contribution in [3.05, 3.63) is 5.89 Å². The number of ketones is 1. The van der Waals surface area contributed by atoms with Gasteiger partial charge in [0.2, 0.25) is 5.89 Å². The molecule has 1 unspecified atom stereocenters. The fourth-order valence-electron chi connectivity index (χ4n) is 0.597. The SMILES string of the molecule is CC(=O)C(C)c1nc(N)no1. The van der Waals surface area contributed by atoms with Gasteiger partial charge >= 0.3 is 0 Å². The van der Waals surface area contributed by atoms with Crippen LogP contribution in [-0.2, 0) is 4.79 Å². The van der Waals surface area contributed by atoms with Crippen molar-refractivity contribution < 1.29 is 9.32 Å². The van der Waals surface area contributed by atoms with Gasteiger partial charge in [0, 0.05) is 0 Å². The van der Waals surface area contributed by atoms with Crippen molar-refractivity contribution in [2.75, 3.05) is 5.73 Å². The monoisotopic (exact) mass is 155 g/mol. The number of nitrogens with zero attached hydrogens (tertiary/aromatic N) is 2. The van der Waals surface area contributed by atoms with Crippen LogP contribution in [0.4, 0.5) is 5.95 Å². The zero-order chi connectivity index (χ0) is 8.43. The van der Waals surface area contributed by atoms with Gasteiger partial charge < -0.3 is 10.3 Å². The van der Waals surface area contributed by atoms with Crippen molar-refractivity contribution in [3.8, 4) is 0 Å². The molecular weight excluding hydrogens is 146 g/mol. The van der Waals surface area contributed by atoms with Crippen LogP contribution in [-0.4, -0.2) is 15.9 Å². The lowest BCUT2D eigenvalue weighted by Crippen LogP contribution is -2.04. The van der Waals surface area contributed by atoms with E-state index in [2.05, 4.69) is 14.7 Å². The number of carbonyl (C=O) groups excluding carboxylic acids is 1. The molecule has 5 heteroatoms. The second-order valence-electron chi connectivity index (χ2n) is 2.32. The third kappa shape index (κ3) is 1.54. The Kier molecular flexibility index (Phi) is 1.89. The minimum Gasteiger partial charge on any atom is -0.365 e. The summed E-state index contributed by atoms with van der Waals surface area (Å²) in [5.41, 5.74) is 5.19. The predicted molar refractivity (Wildman–Crippen MR) is 37.8 cm³/mol. The van der Waals surface area contributed by atoms with Gasteiger partial charge in [-0.2, -0.15) is 4.98 Å². The Balaban J connectivity index is 2.84. The first-order chi connectivity index (χ1) is 5.11. The van der Waals surface area contributed by atoms with Crippen molar-refractivity contribution in [2.45, 2.75) is 19.8 Å². The van der Waals surface area contributed by atoms with Crippen LogP contribution < -0.4 is 5.73 Å². The summed E-state index contributed by atoms with van der Waals surface area (Å²) in [4.78, 5) is 14.5. The number of Topliss-reactive ketones (excluding diaryl/α,β-unsaturated/α-hetero) is 1. The molecule has 0 aliphatic carbocycles. The molecule has 0 saturated carbocycles. The fraction of sp³-hybridized carbons (Fsp3) is 0.500. The van der Waals surface area contributed by atoms with E-state index in [-0.39, 0.29) is 23.5 Å². The number of anilines is 1. The Morgan fingerprint density at radius 3 is 2.73 bits per heavy atom. The molecule has 0 aliphatic rings. The molecule has 0 fully saturated rings. The van der Waals surface area contributed by atoms with Crippen LogP contribution in [0.3, 0.4) is 0 Å². The molecule has 1 heterocycles. The molecule has 0 aromatic carbocycles. The number of hydrogen-bond acceptors (Lipinski definition) is 5. The zero-order valence-electron chi connectivity index (χ0n) is 6.37. The maximum Gasteiger partial charge on any atom is 0.260 e. The van der Waals surface area contributed by atoms with E-state index in [4.69, 9.17) is 5.73 Å². The quantitative estimate of drug-likeness (QED) is 0.666. The van der Waals surface area contributed by atoms with Crippen molar-refractivity contribution in [2.24, 2.45) is 0 Å². The van der Waals surface area contributed by atoms with Crippen molar-refractivity contribution in [1.82, 2.24) is 10.1 Å².